The third kappa shape index (κ3) is 5.29. The van der Waals surface area contributed by atoms with Crippen LogP contribution in [0.5, 0.6) is 0 Å². The van der Waals surface area contributed by atoms with Gasteiger partial charge in [0, 0.05) is 41.4 Å². The number of halogens is 2. The van der Waals surface area contributed by atoms with Gasteiger partial charge in [-0.1, -0.05) is 35.3 Å². The van der Waals surface area contributed by atoms with Gasteiger partial charge < -0.3 is 5.32 Å². The predicted molar refractivity (Wildman–Crippen MR) is 129 cm³/mol. The topological polar surface area (TPSA) is 58.3 Å². The monoisotopic (exact) mass is 485 g/mol. The smallest absolute Gasteiger partial charge is 0.247 e. The number of piperidine rings is 1. The van der Waals surface area contributed by atoms with Crippen molar-refractivity contribution >= 4 is 34.9 Å². The quantitative estimate of drug-likeness (QED) is 0.387. The zero-order valence-electron chi connectivity index (χ0n) is 18.5. The van der Waals surface area contributed by atoms with E-state index >= 15 is 0 Å². The highest BCUT2D eigenvalue weighted by Crippen LogP contribution is 2.40. The molecular weight excluding hydrogens is 459 g/mol. The van der Waals surface area contributed by atoms with Crippen molar-refractivity contribution in [2.24, 2.45) is 0 Å². The molecule has 3 aromatic rings. The maximum atomic E-state index is 12.8. The lowest BCUT2D eigenvalue weighted by atomic mass is 9.71. The molecule has 1 N–H and O–H groups in total. The van der Waals surface area contributed by atoms with Crippen LogP contribution in [0.1, 0.15) is 30.5 Å². The van der Waals surface area contributed by atoms with Crippen LogP contribution < -0.4 is 19.8 Å². The number of benzene rings is 1. The molecule has 0 bridgehead atoms. The van der Waals surface area contributed by atoms with Crippen LogP contribution in [0, 0.1) is 0 Å². The molecule has 1 aliphatic rings. The number of rotatable bonds is 8. The molecule has 1 fully saturated rings. The number of amides is 1. The summed E-state index contributed by atoms with van der Waals surface area (Å²) in [6.45, 7) is 1.95. The Kier molecular flexibility index (Phi) is 7.48. The molecule has 172 valence electrons. The number of carbonyl (C=O) groups is 1. The maximum absolute atomic E-state index is 12.8. The average Bonchev–Trinajstić information content (AvgIpc) is 2.85. The Morgan fingerprint density at radius 3 is 2.76 bits per heavy atom. The summed E-state index contributed by atoms with van der Waals surface area (Å²) in [5.74, 6) is 0.757. The van der Waals surface area contributed by atoms with Crippen molar-refractivity contribution in [3.8, 4) is 0 Å². The number of carbonyl (C=O) groups excluding carboxylic acids is 1. The van der Waals surface area contributed by atoms with Gasteiger partial charge in [-0.05, 0) is 55.3 Å². The van der Waals surface area contributed by atoms with Gasteiger partial charge in [0.2, 0.25) is 17.8 Å². The molecule has 1 aromatic carbocycles. The zero-order chi connectivity index (χ0) is 23.3. The van der Waals surface area contributed by atoms with Gasteiger partial charge in [-0.3, -0.25) is 14.5 Å². The minimum atomic E-state index is -0.277. The second-order valence-electron chi connectivity index (χ2n) is 8.20. The van der Waals surface area contributed by atoms with E-state index in [1.807, 2.05) is 60.8 Å². The summed E-state index contributed by atoms with van der Waals surface area (Å²) in [7, 11) is 1.65. The van der Waals surface area contributed by atoms with Crippen molar-refractivity contribution in [1.82, 2.24) is 10.3 Å². The molecule has 1 saturated heterocycles. The summed E-state index contributed by atoms with van der Waals surface area (Å²) in [5, 5.41) is 4.58. The highest BCUT2D eigenvalue weighted by Gasteiger charge is 2.41. The van der Waals surface area contributed by atoms with Gasteiger partial charge in [0.1, 0.15) is 12.9 Å². The third-order valence-corrected chi connectivity index (χ3v) is 6.96. The SMILES string of the molecule is CO[n+]1ccccc1CNCC[C@]1(c2ccc(Cl)c(Cl)c2)CCC(=O)N(c2ccccn2)C1. The summed E-state index contributed by atoms with van der Waals surface area (Å²) < 4.78 is 1.74. The van der Waals surface area contributed by atoms with Crippen LogP contribution in [0.4, 0.5) is 5.82 Å². The number of aromatic nitrogens is 2. The first-order chi connectivity index (χ1) is 16.0. The molecule has 1 atom stereocenters. The Balaban J connectivity index is 1.57. The molecule has 3 heterocycles. The van der Waals surface area contributed by atoms with Crippen molar-refractivity contribution < 1.29 is 14.4 Å². The van der Waals surface area contributed by atoms with Crippen molar-refractivity contribution in [3.05, 3.63) is 88.3 Å². The van der Waals surface area contributed by atoms with Gasteiger partial charge in [-0.2, -0.15) is 0 Å². The third-order valence-electron chi connectivity index (χ3n) is 6.22. The fourth-order valence-electron chi connectivity index (χ4n) is 4.41. The van der Waals surface area contributed by atoms with E-state index in [-0.39, 0.29) is 11.3 Å². The van der Waals surface area contributed by atoms with Gasteiger partial charge in [0.15, 0.2) is 0 Å². The standard InChI is InChI=1S/C25H27Cl2N4O2/c1-33-31-15-5-3-6-20(31)17-28-14-12-25(19-8-9-21(26)22(27)16-19)11-10-24(32)30(18-25)23-7-2-4-13-29-23/h2-9,13,15-16,28H,10-12,14,17-18H2,1H3/q+1/t25-/m1/s1. The maximum Gasteiger partial charge on any atom is 0.247 e. The largest absolute Gasteiger partial charge is 0.307 e. The van der Waals surface area contributed by atoms with Crippen LogP contribution in [0.3, 0.4) is 0 Å². The van der Waals surface area contributed by atoms with E-state index in [9.17, 15) is 4.79 Å². The molecule has 0 aliphatic carbocycles. The molecule has 2 aromatic heterocycles. The molecule has 0 unspecified atom stereocenters. The van der Waals surface area contributed by atoms with Crippen LogP contribution in [0.25, 0.3) is 0 Å². The van der Waals surface area contributed by atoms with Crippen molar-refractivity contribution in [1.29, 1.82) is 0 Å². The van der Waals surface area contributed by atoms with E-state index in [0.717, 1.165) is 30.6 Å². The Morgan fingerprint density at radius 2 is 2.00 bits per heavy atom. The minimum Gasteiger partial charge on any atom is -0.307 e. The van der Waals surface area contributed by atoms with Gasteiger partial charge >= 0.3 is 0 Å². The van der Waals surface area contributed by atoms with Crippen LogP contribution in [-0.4, -0.2) is 31.1 Å². The Labute approximate surface area is 204 Å². The van der Waals surface area contributed by atoms with E-state index in [2.05, 4.69) is 10.3 Å². The number of nitrogens with zero attached hydrogens (tertiary/aromatic N) is 3. The summed E-state index contributed by atoms with van der Waals surface area (Å²) in [5.41, 5.74) is 1.83. The van der Waals surface area contributed by atoms with Crippen molar-refractivity contribution in [2.75, 3.05) is 25.1 Å². The number of pyridine rings is 2. The average molecular weight is 486 g/mol. The highest BCUT2D eigenvalue weighted by molar-refractivity contribution is 6.42. The Morgan fingerprint density at radius 1 is 1.15 bits per heavy atom. The van der Waals surface area contributed by atoms with E-state index in [4.69, 9.17) is 28.0 Å². The van der Waals surface area contributed by atoms with Crippen LogP contribution in [0.2, 0.25) is 10.0 Å². The van der Waals surface area contributed by atoms with Gasteiger partial charge in [0.05, 0.1) is 16.6 Å². The number of hydrogen-bond acceptors (Lipinski definition) is 4. The lowest BCUT2D eigenvalue weighted by Crippen LogP contribution is -2.50. The Bertz CT molecular complexity index is 1110. The number of nitrogens with one attached hydrogen (secondary N) is 1. The fourth-order valence-corrected chi connectivity index (χ4v) is 4.70. The minimum absolute atomic E-state index is 0.0859. The molecule has 0 saturated carbocycles. The molecule has 8 heteroatoms. The first kappa shape index (κ1) is 23.5. The lowest BCUT2D eigenvalue weighted by molar-refractivity contribution is -0.890. The van der Waals surface area contributed by atoms with E-state index in [1.165, 1.54) is 0 Å². The lowest BCUT2D eigenvalue weighted by Gasteiger charge is -2.43. The summed E-state index contributed by atoms with van der Waals surface area (Å²) in [6, 6.07) is 17.4. The van der Waals surface area contributed by atoms with E-state index in [0.29, 0.717) is 35.4 Å². The van der Waals surface area contributed by atoms with Crippen LogP contribution in [-0.2, 0) is 16.8 Å². The van der Waals surface area contributed by atoms with Crippen LogP contribution >= 0.6 is 23.2 Å². The molecule has 4 rings (SSSR count). The highest BCUT2D eigenvalue weighted by atomic mass is 35.5. The second-order valence-corrected chi connectivity index (χ2v) is 9.02. The van der Waals surface area contributed by atoms with Gasteiger partial charge in [0.25, 0.3) is 0 Å². The first-order valence-corrected chi connectivity index (χ1v) is 11.7. The van der Waals surface area contributed by atoms with Crippen molar-refractivity contribution in [2.45, 2.75) is 31.2 Å². The molecule has 1 aliphatic heterocycles. The van der Waals surface area contributed by atoms with Crippen LogP contribution in [0.15, 0.2) is 67.0 Å². The van der Waals surface area contributed by atoms with E-state index in [1.54, 1.807) is 22.9 Å². The zero-order valence-corrected chi connectivity index (χ0v) is 20.0. The molecule has 1 amide bonds. The molecule has 6 nitrogen and oxygen atoms in total. The summed E-state index contributed by atoms with van der Waals surface area (Å²) in [4.78, 5) is 24.4. The summed E-state index contributed by atoms with van der Waals surface area (Å²) in [6.07, 6.45) is 5.59. The number of hydrogen-bond donors (Lipinski definition) is 1. The first-order valence-electron chi connectivity index (χ1n) is 10.9. The van der Waals surface area contributed by atoms with Gasteiger partial charge in [-0.25, -0.2) is 4.98 Å². The predicted octanol–water partition coefficient (Wildman–Crippen LogP) is 3.98. The second kappa shape index (κ2) is 10.5. The molecule has 0 radical (unpaired) electrons. The van der Waals surface area contributed by atoms with Crippen molar-refractivity contribution in [3.63, 3.8) is 0 Å². The Hall–Kier alpha value is -2.67. The molecule has 33 heavy (non-hydrogen) atoms. The normalized spacial score (nSPS) is 18.4. The van der Waals surface area contributed by atoms with Gasteiger partial charge in [-0.15, -0.1) is 0 Å². The molecule has 0 spiro atoms. The molecular formula is C25H27Cl2N4O2+. The fraction of sp³-hybridized carbons (Fsp3) is 0.320. The summed E-state index contributed by atoms with van der Waals surface area (Å²) >= 11 is 12.6. The van der Waals surface area contributed by atoms with E-state index < -0.39 is 0 Å². The number of anilines is 1.